The summed E-state index contributed by atoms with van der Waals surface area (Å²) in [6, 6.07) is 9.02. The molecule has 2 aromatic carbocycles. The highest BCUT2D eigenvalue weighted by molar-refractivity contribution is 7.66. The number of methoxy groups -OCH3 is 3. The molecule has 7 heteroatoms. The first-order valence-electron chi connectivity index (χ1n) is 8.93. The third-order valence-electron chi connectivity index (χ3n) is 4.09. The minimum Gasteiger partial charge on any atom is -0.496 e. The zero-order valence-corrected chi connectivity index (χ0v) is 18.1. The second-order valence-corrected chi connectivity index (χ2v) is 7.22. The van der Waals surface area contributed by atoms with Crippen LogP contribution in [0.15, 0.2) is 30.3 Å². The van der Waals surface area contributed by atoms with Gasteiger partial charge in [0.05, 0.1) is 21.3 Å². The fourth-order valence-electron chi connectivity index (χ4n) is 2.72. The van der Waals surface area contributed by atoms with E-state index in [9.17, 15) is 4.79 Å². The van der Waals surface area contributed by atoms with Crippen LogP contribution < -0.4 is 24.3 Å². The monoisotopic (exact) mass is 406 g/mol. The number of carbonyl (C=O) groups is 1. The largest absolute Gasteiger partial charge is 0.496 e. The molecule has 0 spiro atoms. The first-order chi connectivity index (χ1) is 13.4. The van der Waals surface area contributed by atoms with Crippen LogP contribution in [0.25, 0.3) is 0 Å². The zero-order chi connectivity index (χ0) is 20.7. The first kappa shape index (κ1) is 22.0. The van der Waals surface area contributed by atoms with Gasteiger partial charge in [-0.1, -0.05) is 6.07 Å². The highest BCUT2D eigenvalue weighted by Gasteiger charge is 2.21. The standard InChI is InChI=1S/C21H27O6P/c1-7-26-14(3)27-15-8-9-19(13(2)10-15)28-21(22)20-17(24-5)11-16(23-4)12-18(20)25-6/h8-12,14,28H,7H2,1-6H3. The van der Waals surface area contributed by atoms with Crippen LogP contribution >= 0.6 is 8.58 Å². The van der Waals surface area contributed by atoms with Gasteiger partial charge >= 0.3 is 0 Å². The van der Waals surface area contributed by atoms with E-state index in [0.717, 1.165) is 10.9 Å². The number of hydrogen-bond acceptors (Lipinski definition) is 6. The van der Waals surface area contributed by atoms with Gasteiger partial charge in [-0.05, 0) is 52.4 Å². The van der Waals surface area contributed by atoms with Crippen molar-refractivity contribution in [3.05, 3.63) is 41.5 Å². The molecule has 0 aliphatic heterocycles. The minimum atomic E-state index is -0.327. The van der Waals surface area contributed by atoms with E-state index in [-0.39, 0.29) is 20.4 Å². The second-order valence-electron chi connectivity index (χ2n) is 5.98. The van der Waals surface area contributed by atoms with Crippen molar-refractivity contribution in [2.45, 2.75) is 27.1 Å². The number of ether oxygens (including phenoxy) is 5. The summed E-state index contributed by atoms with van der Waals surface area (Å²) in [4.78, 5) is 13.0. The lowest BCUT2D eigenvalue weighted by Crippen LogP contribution is -2.16. The number of rotatable bonds is 10. The van der Waals surface area contributed by atoms with Crippen molar-refractivity contribution >= 4 is 19.4 Å². The number of aryl methyl sites for hydroxylation is 1. The van der Waals surface area contributed by atoms with Crippen LogP contribution in [0.4, 0.5) is 0 Å². The molecule has 2 atom stereocenters. The van der Waals surface area contributed by atoms with Gasteiger partial charge in [-0.2, -0.15) is 0 Å². The summed E-state index contributed by atoms with van der Waals surface area (Å²) < 4.78 is 27.1. The van der Waals surface area contributed by atoms with Gasteiger partial charge in [0.25, 0.3) is 0 Å². The van der Waals surface area contributed by atoms with E-state index >= 15 is 0 Å². The van der Waals surface area contributed by atoms with Gasteiger partial charge in [0.15, 0.2) is 11.8 Å². The maximum Gasteiger partial charge on any atom is 0.196 e. The van der Waals surface area contributed by atoms with Gasteiger partial charge in [0.2, 0.25) is 0 Å². The highest BCUT2D eigenvalue weighted by Crippen LogP contribution is 2.38. The fourth-order valence-corrected chi connectivity index (χ4v) is 3.78. The van der Waals surface area contributed by atoms with Crippen molar-refractivity contribution in [3.63, 3.8) is 0 Å². The van der Waals surface area contributed by atoms with E-state index in [0.29, 0.717) is 35.2 Å². The molecule has 0 saturated heterocycles. The first-order valence-corrected chi connectivity index (χ1v) is 9.93. The number of hydrogen-bond donors (Lipinski definition) is 0. The minimum absolute atomic E-state index is 0.0733. The molecule has 0 heterocycles. The van der Waals surface area contributed by atoms with Gasteiger partial charge < -0.3 is 23.7 Å². The van der Waals surface area contributed by atoms with Crippen LogP contribution in [0, 0.1) is 6.92 Å². The predicted molar refractivity (Wildman–Crippen MR) is 111 cm³/mol. The topological polar surface area (TPSA) is 63.2 Å². The maximum absolute atomic E-state index is 13.0. The van der Waals surface area contributed by atoms with Crippen molar-refractivity contribution < 1.29 is 28.5 Å². The SMILES string of the molecule is CCOC(C)Oc1ccc(PC(=O)c2c(OC)cc(OC)cc2OC)c(C)c1. The van der Waals surface area contributed by atoms with Crippen LogP contribution in [0.2, 0.25) is 0 Å². The molecule has 0 fully saturated rings. The zero-order valence-electron chi connectivity index (χ0n) is 17.1. The van der Waals surface area contributed by atoms with Gasteiger partial charge in [0, 0.05) is 18.7 Å². The van der Waals surface area contributed by atoms with Crippen molar-refractivity contribution in [2.75, 3.05) is 27.9 Å². The third-order valence-corrected chi connectivity index (χ3v) is 5.40. The summed E-state index contributed by atoms with van der Waals surface area (Å²) >= 11 is 0. The predicted octanol–water partition coefficient (Wildman–Crippen LogP) is 3.93. The summed E-state index contributed by atoms with van der Waals surface area (Å²) in [5, 5.41) is 0.932. The molecule has 0 radical (unpaired) electrons. The van der Waals surface area contributed by atoms with E-state index in [1.54, 1.807) is 19.2 Å². The highest BCUT2D eigenvalue weighted by atomic mass is 31.1. The van der Waals surface area contributed by atoms with E-state index in [4.69, 9.17) is 23.7 Å². The third kappa shape index (κ3) is 5.37. The Morgan fingerprint density at radius 2 is 1.64 bits per heavy atom. The molecule has 0 bridgehead atoms. The molecular formula is C21H27O6P. The summed E-state index contributed by atoms with van der Waals surface area (Å²) in [5.41, 5.74) is 1.31. The summed E-state index contributed by atoms with van der Waals surface area (Å²) in [6.07, 6.45) is -0.327. The molecule has 0 aliphatic rings. The molecule has 152 valence electrons. The normalized spacial score (nSPS) is 12.1. The van der Waals surface area contributed by atoms with Gasteiger partial charge in [0.1, 0.15) is 28.6 Å². The smallest absolute Gasteiger partial charge is 0.196 e. The van der Waals surface area contributed by atoms with Gasteiger partial charge in [-0.15, -0.1) is 0 Å². The van der Waals surface area contributed by atoms with Crippen molar-refractivity contribution in [1.29, 1.82) is 0 Å². The molecule has 6 nitrogen and oxygen atoms in total. The van der Waals surface area contributed by atoms with Crippen LogP contribution in [0.1, 0.15) is 29.8 Å². The Morgan fingerprint density at radius 1 is 1.00 bits per heavy atom. The van der Waals surface area contributed by atoms with E-state index in [1.165, 1.54) is 14.2 Å². The van der Waals surface area contributed by atoms with Crippen LogP contribution in [0.5, 0.6) is 23.0 Å². The lowest BCUT2D eigenvalue weighted by molar-refractivity contribution is -0.0613. The Labute approximate surface area is 167 Å². The van der Waals surface area contributed by atoms with Crippen molar-refractivity contribution in [3.8, 4) is 23.0 Å². The summed E-state index contributed by atoms with van der Waals surface area (Å²) in [7, 11) is 4.51. The molecule has 28 heavy (non-hydrogen) atoms. The van der Waals surface area contributed by atoms with Gasteiger partial charge in [-0.25, -0.2) is 0 Å². The van der Waals surface area contributed by atoms with E-state index in [1.807, 2.05) is 39.0 Å². The second kappa shape index (κ2) is 10.3. The molecule has 0 aliphatic carbocycles. The number of benzene rings is 2. The molecule has 0 saturated carbocycles. The molecule has 2 rings (SSSR count). The summed E-state index contributed by atoms with van der Waals surface area (Å²) in [6.45, 7) is 6.30. The molecule has 0 amide bonds. The van der Waals surface area contributed by atoms with Crippen LogP contribution in [-0.4, -0.2) is 39.8 Å². The molecule has 0 N–H and O–H groups in total. The van der Waals surface area contributed by atoms with Crippen LogP contribution in [-0.2, 0) is 4.74 Å². The maximum atomic E-state index is 13.0. The Morgan fingerprint density at radius 3 is 2.14 bits per heavy atom. The van der Waals surface area contributed by atoms with E-state index in [2.05, 4.69) is 0 Å². The van der Waals surface area contributed by atoms with Gasteiger partial charge in [-0.3, -0.25) is 4.79 Å². The van der Waals surface area contributed by atoms with E-state index < -0.39 is 0 Å². The van der Waals surface area contributed by atoms with Crippen molar-refractivity contribution in [1.82, 2.24) is 0 Å². The average Bonchev–Trinajstić information content (AvgIpc) is 2.68. The lowest BCUT2D eigenvalue weighted by Gasteiger charge is -2.16. The fraction of sp³-hybridized carbons (Fsp3) is 0.381. The number of carbonyl (C=O) groups excluding carboxylic acids is 1. The quantitative estimate of drug-likeness (QED) is 0.440. The Balaban J connectivity index is 2.25. The Bertz CT molecular complexity index is 796. The summed E-state index contributed by atoms with van der Waals surface area (Å²) in [5.74, 6) is 2.13. The Hall–Kier alpha value is -2.30. The molecule has 2 aromatic rings. The lowest BCUT2D eigenvalue weighted by atomic mass is 10.2. The van der Waals surface area contributed by atoms with Crippen molar-refractivity contribution in [2.24, 2.45) is 0 Å². The molecule has 2 unspecified atom stereocenters. The average molecular weight is 406 g/mol. The van der Waals surface area contributed by atoms with Crippen LogP contribution in [0.3, 0.4) is 0 Å². The molecular weight excluding hydrogens is 379 g/mol. The molecule has 0 aromatic heterocycles. The Kier molecular flexibility index (Phi) is 8.09.